The van der Waals surface area contributed by atoms with Crippen molar-refractivity contribution in [3.8, 4) is 5.75 Å². The summed E-state index contributed by atoms with van der Waals surface area (Å²) >= 11 is 5.80. The summed E-state index contributed by atoms with van der Waals surface area (Å²) in [5.41, 5.74) is 0.0541. The fourth-order valence-electron chi connectivity index (χ4n) is 0.976. The van der Waals surface area contributed by atoms with Gasteiger partial charge in [-0.1, -0.05) is 0 Å². The van der Waals surface area contributed by atoms with Crippen molar-refractivity contribution < 1.29 is 19.4 Å². The maximum absolute atomic E-state index is 11.2. The monoisotopic (exact) mass is 351 g/mol. The van der Waals surface area contributed by atoms with Gasteiger partial charge in [-0.2, -0.15) is 12.6 Å². The van der Waals surface area contributed by atoms with Crippen LogP contribution in [0.25, 0.3) is 0 Å². The lowest BCUT2D eigenvalue weighted by molar-refractivity contribution is -0.255. The first-order valence-electron chi connectivity index (χ1n) is 4.37. The molecule has 1 rings (SSSR count). The first-order valence-corrected chi connectivity index (χ1v) is 6.08. The lowest BCUT2D eigenvalue weighted by atomic mass is 10.2. The van der Waals surface area contributed by atoms with E-state index in [-0.39, 0.29) is 12.0 Å². The second kappa shape index (κ2) is 6.09. The lowest BCUT2D eigenvalue weighted by Gasteiger charge is -2.08. The molecule has 86 valence electrons. The van der Waals surface area contributed by atoms with Crippen molar-refractivity contribution in [1.29, 1.82) is 0 Å². The van der Waals surface area contributed by atoms with Gasteiger partial charge < -0.3 is 14.6 Å². The van der Waals surface area contributed by atoms with E-state index in [1.54, 1.807) is 0 Å². The van der Waals surface area contributed by atoms with E-state index in [0.29, 0.717) is 15.1 Å². The largest absolute Gasteiger partial charge is 0.545 e. The highest BCUT2D eigenvalue weighted by molar-refractivity contribution is 14.1. The average molecular weight is 351 g/mol. The normalized spacial score (nSPS) is 9.88. The van der Waals surface area contributed by atoms with E-state index in [0.717, 1.165) is 0 Å². The van der Waals surface area contributed by atoms with Crippen LogP contribution >= 0.6 is 35.2 Å². The highest BCUT2D eigenvalue weighted by atomic mass is 127. The molecule has 0 fully saturated rings. The number of carbonyl (C=O) groups excluding carboxylic acids is 2. The van der Waals surface area contributed by atoms with Crippen LogP contribution in [0.1, 0.15) is 16.8 Å². The smallest absolute Gasteiger partial charge is 0.312 e. The summed E-state index contributed by atoms with van der Waals surface area (Å²) in [5, 5.41) is 10.6. The summed E-state index contributed by atoms with van der Waals surface area (Å²) in [6.07, 6.45) is 0.210. The molecule has 0 heterocycles. The number of carboxylic acid groups (broad SMARTS) is 1. The third-order valence-electron chi connectivity index (χ3n) is 1.71. The molecule has 0 aliphatic heterocycles. The topological polar surface area (TPSA) is 66.4 Å². The lowest BCUT2D eigenvalue weighted by Crippen LogP contribution is -2.22. The van der Waals surface area contributed by atoms with E-state index < -0.39 is 11.9 Å². The quantitative estimate of drug-likeness (QED) is 0.379. The number of aromatic carboxylic acids is 1. The third kappa shape index (κ3) is 3.67. The summed E-state index contributed by atoms with van der Waals surface area (Å²) < 4.78 is 5.56. The molecular formula is C10H8IO4S-. The number of hydrogen-bond acceptors (Lipinski definition) is 5. The Labute approximate surface area is 112 Å². The standard InChI is InChI=1S/C10H9IO4S/c11-7-5-6(10(13)14)1-2-8(7)15-9(12)3-4-16/h1-2,5,16H,3-4H2,(H,13,14)/p-1. The number of esters is 1. The van der Waals surface area contributed by atoms with Crippen LogP contribution in [0.15, 0.2) is 18.2 Å². The number of carbonyl (C=O) groups is 2. The summed E-state index contributed by atoms with van der Waals surface area (Å²) in [7, 11) is 0. The highest BCUT2D eigenvalue weighted by Crippen LogP contribution is 2.22. The van der Waals surface area contributed by atoms with Gasteiger partial charge in [0.15, 0.2) is 0 Å². The predicted octanol–water partition coefficient (Wildman–Crippen LogP) is 0.880. The molecule has 0 spiro atoms. The maximum atomic E-state index is 11.2. The number of hydrogen-bond donors (Lipinski definition) is 1. The Kier molecular flexibility index (Phi) is 5.07. The zero-order valence-electron chi connectivity index (χ0n) is 8.10. The first-order chi connectivity index (χ1) is 7.54. The first kappa shape index (κ1) is 13.3. The molecule has 0 aliphatic rings. The van der Waals surface area contributed by atoms with Crippen molar-refractivity contribution in [1.82, 2.24) is 0 Å². The molecule has 0 radical (unpaired) electrons. The zero-order chi connectivity index (χ0) is 12.1. The van der Waals surface area contributed by atoms with Crippen molar-refractivity contribution >= 4 is 47.2 Å². The van der Waals surface area contributed by atoms with Crippen LogP contribution in [0.2, 0.25) is 0 Å². The van der Waals surface area contributed by atoms with Gasteiger partial charge in [0.2, 0.25) is 0 Å². The summed E-state index contributed by atoms with van der Waals surface area (Å²) in [6.45, 7) is 0. The molecule has 0 saturated heterocycles. The molecule has 0 saturated carbocycles. The molecule has 6 heteroatoms. The summed E-state index contributed by atoms with van der Waals surface area (Å²) in [4.78, 5) is 21.7. The molecule has 0 unspecified atom stereocenters. The van der Waals surface area contributed by atoms with Gasteiger partial charge in [-0.25, -0.2) is 0 Å². The number of ether oxygens (including phenoxy) is 1. The Hall–Kier alpha value is -0.760. The van der Waals surface area contributed by atoms with E-state index >= 15 is 0 Å². The number of carboxylic acids is 1. The zero-order valence-corrected chi connectivity index (χ0v) is 11.2. The van der Waals surface area contributed by atoms with Gasteiger partial charge in [0, 0.05) is 5.75 Å². The van der Waals surface area contributed by atoms with Crippen molar-refractivity contribution in [2.24, 2.45) is 0 Å². The molecule has 1 aromatic carbocycles. The number of benzene rings is 1. The molecule has 1 aromatic rings. The van der Waals surface area contributed by atoms with Crippen molar-refractivity contribution in [3.63, 3.8) is 0 Å². The van der Waals surface area contributed by atoms with Crippen molar-refractivity contribution in [2.75, 3.05) is 5.75 Å². The number of rotatable bonds is 4. The van der Waals surface area contributed by atoms with Crippen LogP contribution in [0.4, 0.5) is 0 Å². The average Bonchev–Trinajstić information content (AvgIpc) is 2.21. The van der Waals surface area contributed by atoms with Gasteiger partial charge in [-0.3, -0.25) is 4.79 Å². The summed E-state index contributed by atoms with van der Waals surface area (Å²) in [6, 6.07) is 4.16. The number of thiol groups is 1. The molecule has 4 nitrogen and oxygen atoms in total. The molecule has 0 atom stereocenters. The van der Waals surface area contributed by atoms with Gasteiger partial charge >= 0.3 is 5.97 Å². The fourth-order valence-corrected chi connectivity index (χ4v) is 1.78. The molecule has 0 amide bonds. The Bertz CT molecular complexity index is 419. The van der Waals surface area contributed by atoms with E-state index in [9.17, 15) is 14.7 Å². The van der Waals surface area contributed by atoms with Crippen molar-refractivity contribution in [3.05, 3.63) is 27.3 Å². The highest BCUT2D eigenvalue weighted by Gasteiger charge is 2.08. The molecule has 0 bridgehead atoms. The molecule has 0 aliphatic carbocycles. The Morgan fingerprint density at radius 3 is 2.62 bits per heavy atom. The van der Waals surface area contributed by atoms with Crippen LogP contribution in [0.5, 0.6) is 5.75 Å². The summed E-state index contributed by atoms with van der Waals surface area (Å²) in [5.74, 6) is -0.898. The maximum Gasteiger partial charge on any atom is 0.312 e. The minimum atomic E-state index is -1.26. The molecule has 16 heavy (non-hydrogen) atoms. The predicted molar refractivity (Wildman–Crippen MR) is 67.6 cm³/mol. The van der Waals surface area contributed by atoms with E-state index in [2.05, 4.69) is 12.6 Å². The van der Waals surface area contributed by atoms with E-state index in [1.807, 2.05) is 22.6 Å². The molecular weight excluding hydrogens is 343 g/mol. The van der Waals surface area contributed by atoms with Gasteiger partial charge in [0.1, 0.15) is 5.75 Å². The number of halogens is 1. The Morgan fingerprint density at radius 2 is 2.12 bits per heavy atom. The molecule has 0 aromatic heterocycles. The Balaban J connectivity index is 2.83. The molecule has 0 N–H and O–H groups in total. The third-order valence-corrected chi connectivity index (χ3v) is 2.77. The van der Waals surface area contributed by atoms with Crippen LogP contribution in [0, 0.1) is 3.57 Å². The van der Waals surface area contributed by atoms with Gasteiger partial charge in [0.25, 0.3) is 0 Å². The van der Waals surface area contributed by atoms with Crippen molar-refractivity contribution in [2.45, 2.75) is 6.42 Å². The minimum absolute atomic E-state index is 0.0541. The Morgan fingerprint density at radius 1 is 1.44 bits per heavy atom. The van der Waals surface area contributed by atoms with Gasteiger partial charge in [-0.05, 0) is 46.4 Å². The van der Waals surface area contributed by atoms with Crippen LogP contribution in [0.3, 0.4) is 0 Å². The van der Waals surface area contributed by atoms with Crippen LogP contribution < -0.4 is 9.84 Å². The van der Waals surface area contributed by atoms with E-state index in [4.69, 9.17) is 4.74 Å². The van der Waals surface area contributed by atoms with Gasteiger partial charge in [-0.15, -0.1) is 0 Å². The van der Waals surface area contributed by atoms with E-state index in [1.165, 1.54) is 18.2 Å². The second-order valence-electron chi connectivity index (χ2n) is 2.88. The minimum Gasteiger partial charge on any atom is -0.545 e. The SMILES string of the molecule is O=C(CCS)Oc1ccc(C(=O)[O-])cc1I. The van der Waals surface area contributed by atoms with Crippen LogP contribution in [-0.4, -0.2) is 17.7 Å². The van der Waals surface area contributed by atoms with Gasteiger partial charge in [0.05, 0.1) is 16.0 Å². The second-order valence-corrected chi connectivity index (χ2v) is 4.49. The van der Waals surface area contributed by atoms with Crippen LogP contribution in [-0.2, 0) is 4.79 Å². The fraction of sp³-hybridized carbons (Fsp3) is 0.200.